The summed E-state index contributed by atoms with van der Waals surface area (Å²) in [5.74, 6) is 1.28. The van der Waals surface area contributed by atoms with Gasteiger partial charge >= 0.3 is 0 Å². The molecular weight excluding hydrogens is 386 g/mol. The number of carbonyl (C=O) groups is 1. The average molecular weight is 420 g/mol. The molecule has 1 saturated carbocycles. The van der Waals surface area contributed by atoms with Gasteiger partial charge in [0.15, 0.2) is 0 Å². The van der Waals surface area contributed by atoms with Gasteiger partial charge in [0.25, 0.3) is 5.91 Å². The lowest BCUT2D eigenvalue weighted by molar-refractivity contribution is 0.0956. The largest absolute Gasteiger partial charge is 0.497 e. The van der Waals surface area contributed by atoms with Gasteiger partial charge in [-0.05, 0) is 84.4 Å². The van der Waals surface area contributed by atoms with E-state index in [1.807, 2.05) is 12.1 Å². The molecule has 31 heavy (non-hydrogen) atoms. The first-order valence-corrected chi connectivity index (χ1v) is 11.6. The first-order chi connectivity index (χ1) is 14.9. The van der Waals surface area contributed by atoms with Crippen LogP contribution in [0.3, 0.4) is 0 Å². The Bertz CT molecular complexity index is 1000. The lowest BCUT2D eigenvalue weighted by atomic mass is 9.64. The third-order valence-corrected chi connectivity index (χ3v) is 7.92. The van der Waals surface area contributed by atoms with Gasteiger partial charge in [-0.1, -0.05) is 38.5 Å². The van der Waals surface area contributed by atoms with E-state index in [9.17, 15) is 4.79 Å². The molecule has 0 unspecified atom stereocenters. The highest BCUT2D eigenvalue weighted by Crippen LogP contribution is 2.65. The molecule has 1 aromatic rings. The minimum atomic E-state index is -0.0857. The van der Waals surface area contributed by atoms with Crippen molar-refractivity contribution in [3.05, 3.63) is 64.3 Å². The predicted molar refractivity (Wildman–Crippen MR) is 122 cm³/mol. The van der Waals surface area contributed by atoms with Crippen molar-refractivity contribution in [3.63, 3.8) is 0 Å². The Morgan fingerprint density at radius 1 is 1.19 bits per heavy atom. The van der Waals surface area contributed by atoms with E-state index in [4.69, 9.17) is 9.47 Å². The van der Waals surface area contributed by atoms with Crippen molar-refractivity contribution in [2.45, 2.75) is 64.6 Å². The highest BCUT2D eigenvalue weighted by molar-refractivity contribution is 5.94. The second kappa shape index (κ2) is 7.37. The Hall–Kier alpha value is -2.33. The first-order valence-electron chi connectivity index (χ1n) is 11.6. The van der Waals surface area contributed by atoms with Crippen molar-refractivity contribution in [3.8, 4) is 5.75 Å². The monoisotopic (exact) mass is 419 g/mol. The molecule has 4 aliphatic rings. The van der Waals surface area contributed by atoms with Gasteiger partial charge in [0.05, 0.1) is 13.2 Å². The molecule has 1 N–H and O–H groups in total. The number of allylic oxidation sites excluding steroid dienone is 3. The van der Waals surface area contributed by atoms with E-state index in [0.29, 0.717) is 23.4 Å². The lowest BCUT2D eigenvalue weighted by Crippen LogP contribution is -2.34. The molecule has 164 valence electrons. The Kier molecular flexibility index (Phi) is 4.89. The van der Waals surface area contributed by atoms with Crippen molar-refractivity contribution in [1.82, 2.24) is 5.32 Å². The molecule has 1 spiro atoms. The van der Waals surface area contributed by atoms with Crippen LogP contribution in [0.25, 0.3) is 0 Å². The number of ether oxygens (including phenoxy) is 2. The molecule has 4 nitrogen and oxygen atoms in total. The second-order valence-electron chi connectivity index (χ2n) is 10.1. The van der Waals surface area contributed by atoms with Crippen LogP contribution in [0.4, 0.5) is 0 Å². The summed E-state index contributed by atoms with van der Waals surface area (Å²) in [6, 6.07) is 7.22. The first kappa shape index (κ1) is 20.6. The molecule has 0 radical (unpaired) electrons. The third-order valence-electron chi connectivity index (χ3n) is 7.92. The molecule has 0 bridgehead atoms. The standard InChI is InChI=1S/C27H33NO3/c1-17(2)21-11-12-26(3)13-14-27-22(24(21)26)10-5-18(15-23(27)31-27)16-28-25(29)19-6-8-20(30-4)9-7-19/h5-10,17,23H,11-16H2,1-4H3,(H,28,29)/t23-,26+,27-/m0/s1. The van der Waals surface area contributed by atoms with Crippen LogP contribution in [0.1, 0.15) is 63.2 Å². The second-order valence-corrected chi connectivity index (χ2v) is 10.1. The minimum Gasteiger partial charge on any atom is -0.497 e. The zero-order valence-electron chi connectivity index (χ0n) is 19.1. The number of benzene rings is 1. The van der Waals surface area contributed by atoms with Crippen LogP contribution in [-0.2, 0) is 4.74 Å². The number of hydrogen-bond donors (Lipinski definition) is 1. The maximum Gasteiger partial charge on any atom is 0.251 e. The molecule has 2 fully saturated rings. The molecule has 4 heteroatoms. The number of rotatable bonds is 5. The zero-order chi connectivity index (χ0) is 21.8. The van der Waals surface area contributed by atoms with E-state index < -0.39 is 0 Å². The number of hydrogen-bond acceptors (Lipinski definition) is 3. The van der Waals surface area contributed by atoms with Gasteiger partial charge in [-0.25, -0.2) is 0 Å². The quantitative estimate of drug-likeness (QED) is 0.653. The molecule has 1 aliphatic heterocycles. The number of epoxide rings is 1. The van der Waals surface area contributed by atoms with Gasteiger partial charge in [-0.15, -0.1) is 0 Å². The molecule has 1 aromatic carbocycles. The average Bonchev–Trinajstić information content (AvgIpc) is 3.36. The number of fused-ring (bicyclic) bond motifs is 2. The van der Waals surface area contributed by atoms with E-state index >= 15 is 0 Å². The number of amides is 1. The Labute approximate surface area is 185 Å². The van der Waals surface area contributed by atoms with E-state index in [1.165, 1.54) is 30.4 Å². The maximum atomic E-state index is 12.6. The third kappa shape index (κ3) is 3.36. The van der Waals surface area contributed by atoms with E-state index in [1.54, 1.807) is 30.4 Å². The topological polar surface area (TPSA) is 50.9 Å². The summed E-state index contributed by atoms with van der Waals surface area (Å²) in [5.41, 5.74) is 6.75. The Morgan fingerprint density at radius 2 is 1.97 bits per heavy atom. The number of methoxy groups -OCH3 is 1. The maximum absolute atomic E-state index is 12.6. The molecule has 3 atom stereocenters. The molecule has 1 amide bonds. The zero-order valence-corrected chi connectivity index (χ0v) is 19.1. The SMILES string of the molecule is COc1ccc(C(=O)NCC2=CC=C3C4=C(C(C)C)CC[C@]4(C)CC[C@]34O[C@H]4C2)cc1. The summed E-state index contributed by atoms with van der Waals surface area (Å²) >= 11 is 0. The van der Waals surface area contributed by atoms with Crippen molar-refractivity contribution in [1.29, 1.82) is 0 Å². The molecule has 1 heterocycles. The van der Waals surface area contributed by atoms with Crippen molar-refractivity contribution >= 4 is 5.91 Å². The minimum absolute atomic E-state index is 0.0579. The summed E-state index contributed by atoms with van der Waals surface area (Å²) in [6.07, 6.45) is 10.5. The van der Waals surface area contributed by atoms with E-state index in [0.717, 1.165) is 18.6 Å². The predicted octanol–water partition coefficient (Wildman–Crippen LogP) is 5.37. The number of carbonyl (C=O) groups excluding carboxylic acids is 1. The summed E-state index contributed by atoms with van der Waals surface area (Å²) < 4.78 is 11.6. The van der Waals surface area contributed by atoms with Gasteiger partial charge < -0.3 is 14.8 Å². The van der Waals surface area contributed by atoms with Crippen LogP contribution in [0.5, 0.6) is 5.75 Å². The van der Waals surface area contributed by atoms with Gasteiger partial charge in [0.2, 0.25) is 0 Å². The molecule has 3 aliphatic carbocycles. The van der Waals surface area contributed by atoms with Crippen LogP contribution in [0.15, 0.2) is 58.7 Å². The highest BCUT2D eigenvalue weighted by atomic mass is 16.6. The molecule has 0 aromatic heterocycles. The molecule has 5 rings (SSSR count). The molecular formula is C27H33NO3. The smallest absolute Gasteiger partial charge is 0.251 e. The fraction of sp³-hybridized carbons (Fsp3) is 0.519. The van der Waals surface area contributed by atoms with Crippen molar-refractivity contribution in [2.75, 3.05) is 13.7 Å². The van der Waals surface area contributed by atoms with Crippen LogP contribution in [0.2, 0.25) is 0 Å². The van der Waals surface area contributed by atoms with Crippen LogP contribution >= 0.6 is 0 Å². The fourth-order valence-corrected chi connectivity index (χ4v) is 5.97. The molecule has 1 saturated heterocycles. The van der Waals surface area contributed by atoms with Crippen LogP contribution in [-0.4, -0.2) is 31.3 Å². The lowest BCUT2D eigenvalue weighted by Gasteiger charge is -2.39. The van der Waals surface area contributed by atoms with Gasteiger partial charge in [-0.3, -0.25) is 4.79 Å². The Morgan fingerprint density at radius 3 is 2.68 bits per heavy atom. The van der Waals surface area contributed by atoms with Gasteiger partial charge in [0.1, 0.15) is 11.4 Å². The summed E-state index contributed by atoms with van der Waals surface area (Å²) in [7, 11) is 1.63. The normalized spacial score (nSPS) is 31.2. The van der Waals surface area contributed by atoms with Gasteiger partial charge in [0, 0.05) is 12.1 Å². The summed E-state index contributed by atoms with van der Waals surface area (Å²) in [6.45, 7) is 7.66. The van der Waals surface area contributed by atoms with Crippen molar-refractivity contribution < 1.29 is 14.3 Å². The highest BCUT2D eigenvalue weighted by Gasteiger charge is 2.64. The number of nitrogens with one attached hydrogen (secondary N) is 1. The van der Waals surface area contributed by atoms with Gasteiger partial charge in [-0.2, -0.15) is 0 Å². The fourth-order valence-electron chi connectivity index (χ4n) is 5.97. The van der Waals surface area contributed by atoms with Crippen LogP contribution in [0, 0.1) is 11.3 Å². The summed E-state index contributed by atoms with van der Waals surface area (Å²) in [5, 5.41) is 3.09. The van der Waals surface area contributed by atoms with E-state index in [2.05, 4.69) is 38.2 Å². The van der Waals surface area contributed by atoms with Crippen LogP contribution < -0.4 is 10.1 Å². The summed E-state index contributed by atoms with van der Waals surface area (Å²) in [4.78, 5) is 12.6. The Balaban J connectivity index is 1.36. The van der Waals surface area contributed by atoms with Crippen molar-refractivity contribution in [2.24, 2.45) is 11.3 Å². The van der Waals surface area contributed by atoms with E-state index in [-0.39, 0.29) is 17.6 Å².